The Balaban J connectivity index is 1.47. The van der Waals surface area contributed by atoms with Gasteiger partial charge in [-0.1, -0.05) is 18.5 Å². The fourth-order valence-corrected chi connectivity index (χ4v) is 4.14. The number of rotatable bonds is 4. The fourth-order valence-electron chi connectivity index (χ4n) is 3.96. The van der Waals surface area contributed by atoms with Gasteiger partial charge < -0.3 is 15.1 Å². The number of nitrogens with one attached hydrogen (secondary N) is 1. The van der Waals surface area contributed by atoms with Crippen molar-refractivity contribution in [3.63, 3.8) is 0 Å². The molecule has 27 heavy (non-hydrogen) atoms. The first-order chi connectivity index (χ1) is 13.0. The van der Waals surface area contributed by atoms with Crippen molar-refractivity contribution in [2.75, 3.05) is 38.0 Å². The summed E-state index contributed by atoms with van der Waals surface area (Å²) in [5, 5.41) is 2.80. The van der Waals surface area contributed by atoms with Crippen LogP contribution in [0.5, 0.6) is 0 Å². The predicted molar refractivity (Wildman–Crippen MR) is 104 cm³/mol. The van der Waals surface area contributed by atoms with Crippen LogP contribution in [0.1, 0.15) is 32.6 Å². The molecule has 1 heterocycles. The molecule has 0 spiro atoms. The lowest BCUT2D eigenvalue weighted by Gasteiger charge is -2.37. The van der Waals surface area contributed by atoms with E-state index >= 15 is 0 Å². The zero-order chi connectivity index (χ0) is 19.4. The van der Waals surface area contributed by atoms with E-state index in [-0.39, 0.29) is 28.7 Å². The van der Waals surface area contributed by atoms with Gasteiger partial charge in [0.1, 0.15) is 5.82 Å². The molecule has 2 amide bonds. The van der Waals surface area contributed by atoms with Crippen LogP contribution in [0.15, 0.2) is 18.2 Å². The van der Waals surface area contributed by atoms with Gasteiger partial charge in [-0.3, -0.25) is 9.59 Å². The van der Waals surface area contributed by atoms with E-state index in [0.717, 1.165) is 45.6 Å². The number of hydrogen-bond donors (Lipinski definition) is 1. The van der Waals surface area contributed by atoms with Crippen LogP contribution < -0.4 is 5.32 Å². The minimum Gasteiger partial charge on any atom is -0.340 e. The van der Waals surface area contributed by atoms with E-state index in [2.05, 4.69) is 17.1 Å². The van der Waals surface area contributed by atoms with Crippen LogP contribution in [0.4, 0.5) is 10.1 Å². The van der Waals surface area contributed by atoms with E-state index in [9.17, 15) is 14.0 Å². The number of carbonyl (C=O) groups excluding carboxylic acids is 2. The molecule has 3 rings (SSSR count). The maximum atomic E-state index is 13.2. The molecule has 1 aromatic rings. The van der Waals surface area contributed by atoms with Crippen LogP contribution >= 0.6 is 11.6 Å². The molecule has 2 aliphatic rings. The molecule has 7 heteroatoms. The highest BCUT2D eigenvalue weighted by Crippen LogP contribution is 2.31. The van der Waals surface area contributed by atoms with E-state index in [1.807, 2.05) is 4.90 Å². The summed E-state index contributed by atoms with van der Waals surface area (Å²) in [7, 11) is 0. The molecule has 1 aliphatic carbocycles. The second kappa shape index (κ2) is 9.02. The van der Waals surface area contributed by atoms with Crippen molar-refractivity contribution in [2.24, 2.45) is 11.8 Å². The monoisotopic (exact) mass is 395 g/mol. The van der Waals surface area contributed by atoms with E-state index in [1.54, 1.807) is 0 Å². The molecule has 0 atom stereocenters. The lowest BCUT2D eigenvalue weighted by atomic mass is 9.80. The molecule has 0 bridgehead atoms. The predicted octanol–water partition coefficient (Wildman–Crippen LogP) is 3.39. The van der Waals surface area contributed by atoms with E-state index < -0.39 is 5.82 Å². The molecule has 0 aromatic heterocycles. The second-order valence-corrected chi connectivity index (χ2v) is 7.83. The summed E-state index contributed by atoms with van der Waals surface area (Å²) in [6, 6.07) is 4.16. The molecule has 148 valence electrons. The molecular formula is C20H27ClFN3O2. The average Bonchev–Trinajstić information content (AvgIpc) is 2.70. The van der Waals surface area contributed by atoms with Crippen LogP contribution in [-0.4, -0.2) is 54.3 Å². The number of likely N-dealkylation sites (N-methyl/N-ethyl adjacent to an activating group) is 1. The third-order valence-corrected chi connectivity index (χ3v) is 6.06. The smallest absolute Gasteiger partial charge is 0.227 e. The largest absolute Gasteiger partial charge is 0.340 e. The van der Waals surface area contributed by atoms with E-state index in [0.29, 0.717) is 18.5 Å². The van der Waals surface area contributed by atoms with E-state index in [4.69, 9.17) is 11.6 Å². The first kappa shape index (κ1) is 20.1. The lowest BCUT2D eigenvalue weighted by molar-refractivity contribution is -0.139. The fraction of sp³-hybridized carbons (Fsp3) is 0.600. The van der Waals surface area contributed by atoms with Crippen molar-refractivity contribution in [1.29, 1.82) is 0 Å². The van der Waals surface area contributed by atoms with E-state index in [1.165, 1.54) is 18.2 Å². The number of halogens is 2. The summed E-state index contributed by atoms with van der Waals surface area (Å²) in [4.78, 5) is 29.5. The summed E-state index contributed by atoms with van der Waals surface area (Å²) < 4.78 is 13.2. The normalized spacial score (nSPS) is 23.9. The van der Waals surface area contributed by atoms with Crippen LogP contribution in [-0.2, 0) is 9.59 Å². The Kier molecular flexibility index (Phi) is 6.71. The zero-order valence-electron chi connectivity index (χ0n) is 15.7. The Labute approximate surface area is 164 Å². The van der Waals surface area contributed by atoms with Crippen LogP contribution in [0.25, 0.3) is 0 Å². The molecule has 1 saturated heterocycles. The highest BCUT2D eigenvalue weighted by molar-refractivity contribution is 6.31. The van der Waals surface area contributed by atoms with Gasteiger partial charge in [0.15, 0.2) is 0 Å². The van der Waals surface area contributed by atoms with Gasteiger partial charge in [0, 0.05) is 43.7 Å². The van der Waals surface area contributed by atoms with Gasteiger partial charge in [0.2, 0.25) is 11.8 Å². The summed E-state index contributed by atoms with van der Waals surface area (Å²) >= 11 is 5.76. The van der Waals surface area contributed by atoms with Gasteiger partial charge in [0.25, 0.3) is 0 Å². The second-order valence-electron chi connectivity index (χ2n) is 7.43. The molecule has 1 saturated carbocycles. The van der Waals surface area contributed by atoms with Gasteiger partial charge >= 0.3 is 0 Å². The highest BCUT2D eigenvalue weighted by Gasteiger charge is 2.33. The molecule has 2 fully saturated rings. The third-order valence-electron chi connectivity index (χ3n) is 5.77. The van der Waals surface area contributed by atoms with Crippen molar-refractivity contribution >= 4 is 29.1 Å². The Morgan fingerprint density at radius 1 is 1.11 bits per heavy atom. The Morgan fingerprint density at radius 2 is 1.74 bits per heavy atom. The minimum atomic E-state index is -0.506. The summed E-state index contributed by atoms with van der Waals surface area (Å²) in [6.07, 6.45) is 2.89. The van der Waals surface area contributed by atoms with Crippen molar-refractivity contribution in [2.45, 2.75) is 32.6 Å². The molecular weight excluding hydrogens is 369 g/mol. The lowest BCUT2D eigenvalue weighted by Crippen LogP contribution is -2.50. The van der Waals surface area contributed by atoms with Crippen molar-refractivity contribution in [1.82, 2.24) is 9.80 Å². The topological polar surface area (TPSA) is 52.7 Å². The first-order valence-corrected chi connectivity index (χ1v) is 10.1. The number of carbonyl (C=O) groups is 2. The van der Waals surface area contributed by atoms with Crippen LogP contribution in [0.3, 0.4) is 0 Å². The number of anilines is 1. The van der Waals surface area contributed by atoms with Gasteiger partial charge in [-0.2, -0.15) is 0 Å². The van der Waals surface area contributed by atoms with Crippen molar-refractivity contribution in [3.05, 3.63) is 29.0 Å². The zero-order valence-corrected chi connectivity index (χ0v) is 16.5. The number of amides is 2. The van der Waals surface area contributed by atoms with Crippen LogP contribution in [0, 0.1) is 17.7 Å². The highest BCUT2D eigenvalue weighted by atomic mass is 35.5. The molecule has 0 radical (unpaired) electrons. The number of hydrogen-bond acceptors (Lipinski definition) is 3. The number of benzene rings is 1. The van der Waals surface area contributed by atoms with Gasteiger partial charge in [-0.15, -0.1) is 0 Å². The van der Waals surface area contributed by atoms with Gasteiger partial charge in [-0.25, -0.2) is 4.39 Å². The molecule has 5 nitrogen and oxygen atoms in total. The first-order valence-electron chi connectivity index (χ1n) is 9.75. The van der Waals surface area contributed by atoms with Gasteiger partial charge in [0.05, 0.1) is 5.02 Å². The quantitative estimate of drug-likeness (QED) is 0.850. The summed E-state index contributed by atoms with van der Waals surface area (Å²) in [5.74, 6) is -0.430. The molecule has 1 aromatic carbocycles. The third kappa shape index (κ3) is 4.99. The standard InChI is InChI=1S/C20H27ClFN3O2/c1-2-24-9-11-25(12-10-24)20(27)15-5-3-14(4-6-15)19(26)23-16-7-8-18(22)17(21)13-16/h7-8,13-15H,2-6,9-12H2,1H3,(H,23,26). The molecule has 0 unspecified atom stereocenters. The summed E-state index contributed by atoms with van der Waals surface area (Å²) in [5.41, 5.74) is 0.499. The SMILES string of the molecule is CCN1CCN(C(=O)C2CCC(C(=O)Nc3ccc(F)c(Cl)c3)CC2)CC1. The van der Waals surface area contributed by atoms with Crippen LogP contribution in [0.2, 0.25) is 5.02 Å². The Hall–Kier alpha value is -1.66. The van der Waals surface area contributed by atoms with Crippen molar-refractivity contribution in [3.8, 4) is 0 Å². The minimum absolute atomic E-state index is 0.00900. The maximum Gasteiger partial charge on any atom is 0.227 e. The molecule has 1 N–H and O–H groups in total. The molecule has 1 aliphatic heterocycles. The average molecular weight is 396 g/mol. The maximum absolute atomic E-state index is 13.2. The summed E-state index contributed by atoms with van der Waals surface area (Å²) in [6.45, 7) is 6.67. The number of nitrogens with zero attached hydrogens (tertiary/aromatic N) is 2. The van der Waals surface area contributed by atoms with Gasteiger partial charge in [-0.05, 0) is 50.4 Å². The number of piperazine rings is 1. The Morgan fingerprint density at radius 3 is 2.33 bits per heavy atom. The van der Waals surface area contributed by atoms with Crippen molar-refractivity contribution < 1.29 is 14.0 Å². The Bertz CT molecular complexity index is 684.